The summed E-state index contributed by atoms with van der Waals surface area (Å²) in [5.41, 5.74) is 0.118. The summed E-state index contributed by atoms with van der Waals surface area (Å²) in [6, 6.07) is 12.5. The Morgan fingerprint density at radius 2 is 1.86 bits per heavy atom. The maximum Gasteiger partial charge on any atom is 0.348 e. The topological polar surface area (TPSA) is 115 Å². The van der Waals surface area contributed by atoms with Crippen molar-refractivity contribution in [2.75, 3.05) is 13.7 Å². The Morgan fingerprint density at radius 3 is 2.57 bits per heavy atom. The number of carbonyl (C=O) groups excluding carboxylic acids is 2. The molecule has 0 fully saturated rings. The highest BCUT2D eigenvalue weighted by atomic mass is 16.6. The average molecular weight is 381 g/mol. The fourth-order valence-corrected chi connectivity index (χ4v) is 2.35. The summed E-state index contributed by atoms with van der Waals surface area (Å²) in [6.07, 6.45) is 1.19. The molecule has 1 heterocycles. The third kappa shape index (κ3) is 4.07. The molecule has 0 unspecified atom stereocenters. The van der Waals surface area contributed by atoms with Crippen molar-refractivity contribution in [1.29, 1.82) is 0 Å². The zero-order valence-electron chi connectivity index (χ0n) is 14.7. The second-order valence-electron chi connectivity index (χ2n) is 5.61. The Morgan fingerprint density at radius 1 is 1.14 bits per heavy atom. The van der Waals surface area contributed by atoms with Crippen molar-refractivity contribution in [3.63, 3.8) is 0 Å². The van der Waals surface area contributed by atoms with Crippen LogP contribution in [0.4, 0.5) is 5.69 Å². The van der Waals surface area contributed by atoms with Crippen molar-refractivity contribution in [2.24, 2.45) is 4.99 Å². The molecule has 8 heteroatoms. The van der Waals surface area contributed by atoms with Crippen molar-refractivity contribution in [1.82, 2.24) is 0 Å². The molecule has 0 aliphatic carbocycles. The van der Waals surface area contributed by atoms with Gasteiger partial charge in [-0.3, -0.25) is 4.99 Å². The summed E-state index contributed by atoms with van der Waals surface area (Å²) >= 11 is 0. The van der Waals surface area contributed by atoms with Gasteiger partial charge in [0.2, 0.25) is 0 Å². The molecule has 142 valence electrons. The largest absolute Gasteiger partial charge is 0.506 e. The maximum absolute atomic E-state index is 12.1. The highest BCUT2D eigenvalue weighted by Crippen LogP contribution is 2.25. The molecule has 0 amide bonds. The first kappa shape index (κ1) is 18.8. The molecule has 2 aromatic carbocycles. The van der Waals surface area contributed by atoms with E-state index in [0.717, 1.165) is 0 Å². The van der Waals surface area contributed by atoms with Crippen LogP contribution in [0.25, 0.3) is 11.0 Å². The van der Waals surface area contributed by atoms with Crippen LogP contribution in [0.1, 0.15) is 15.9 Å². The molecule has 0 aliphatic rings. The van der Waals surface area contributed by atoms with Crippen LogP contribution in [0.15, 0.2) is 62.7 Å². The van der Waals surface area contributed by atoms with E-state index in [2.05, 4.69) is 9.73 Å². The molecule has 0 radical (unpaired) electrons. The van der Waals surface area contributed by atoms with Crippen LogP contribution in [-0.4, -0.2) is 37.0 Å². The number of rotatable bonds is 5. The Labute approximate surface area is 158 Å². The van der Waals surface area contributed by atoms with Gasteiger partial charge in [-0.2, -0.15) is 0 Å². The van der Waals surface area contributed by atoms with Gasteiger partial charge in [0.15, 0.2) is 6.61 Å². The molecule has 0 atom stereocenters. The molecule has 0 saturated carbocycles. The molecule has 0 aliphatic heterocycles. The van der Waals surface area contributed by atoms with E-state index >= 15 is 0 Å². The number of methoxy groups -OCH3 is 1. The number of aromatic hydroxyl groups is 1. The number of fused-ring (bicyclic) bond motifs is 1. The lowest BCUT2D eigenvalue weighted by Gasteiger charge is -2.04. The van der Waals surface area contributed by atoms with Gasteiger partial charge in [0.05, 0.1) is 23.7 Å². The Balaban J connectivity index is 1.78. The fourth-order valence-electron chi connectivity index (χ4n) is 2.35. The van der Waals surface area contributed by atoms with Crippen LogP contribution in [-0.2, 0) is 14.3 Å². The number of hydrogen-bond acceptors (Lipinski definition) is 8. The number of hydrogen-bond donors (Lipinski definition) is 1. The van der Waals surface area contributed by atoms with E-state index < -0.39 is 24.2 Å². The fraction of sp³-hybridized carbons (Fsp3) is 0.100. The van der Waals surface area contributed by atoms with Crippen molar-refractivity contribution >= 4 is 34.8 Å². The van der Waals surface area contributed by atoms with Gasteiger partial charge in [-0.1, -0.05) is 12.1 Å². The van der Waals surface area contributed by atoms with Gasteiger partial charge in [0, 0.05) is 6.21 Å². The second-order valence-corrected chi connectivity index (χ2v) is 5.61. The van der Waals surface area contributed by atoms with E-state index in [-0.39, 0.29) is 22.5 Å². The Bertz CT molecular complexity index is 1110. The van der Waals surface area contributed by atoms with Crippen molar-refractivity contribution in [3.8, 4) is 5.75 Å². The summed E-state index contributed by atoms with van der Waals surface area (Å²) < 4.78 is 14.3. The van der Waals surface area contributed by atoms with Gasteiger partial charge in [-0.05, 0) is 36.4 Å². The summed E-state index contributed by atoms with van der Waals surface area (Å²) in [5, 5.41) is 10.7. The lowest BCUT2D eigenvalue weighted by atomic mass is 10.1. The Hall–Kier alpha value is -3.94. The van der Waals surface area contributed by atoms with E-state index in [4.69, 9.17) is 9.15 Å². The summed E-state index contributed by atoms with van der Waals surface area (Å²) in [4.78, 5) is 39.0. The second kappa shape index (κ2) is 8.17. The van der Waals surface area contributed by atoms with Gasteiger partial charge >= 0.3 is 17.6 Å². The lowest BCUT2D eigenvalue weighted by Crippen LogP contribution is -2.14. The van der Waals surface area contributed by atoms with Crippen molar-refractivity contribution < 1.29 is 28.6 Å². The van der Waals surface area contributed by atoms with E-state index in [0.29, 0.717) is 11.1 Å². The van der Waals surface area contributed by atoms with Gasteiger partial charge in [-0.25, -0.2) is 14.4 Å². The van der Waals surface area contributed by atoms with Crippen molar-refractivity contribution in [3.05, 3.63) is 70.1 Å². The van der Waals surface area contributed by atoms with Crippen LogP contribution in [0, 0.1) is 0 Å². The van der Waals surface area contributed by atoms with Gasteiger partial charge in [0.25, 0.3) is 0 Å². The predicted molar refractivity (Wildman–Crippen MR) is 100 cm³/mol. The van der Waals surface area contributed by atoms with E-state index in [1.165, 1.54) is 37.6 Å². The highest BCUT2D eigenvalue weighted by molar-refractivity contribution is 5.94. The molecule has 0 bridgehead atoms. The Kier molecular flexibility index (Phi) is 5.50. The zero-order valence-corrected chi connectivity index (χ0v) is 14.7. The first-order valence-electron chi connectivity index (χ1n) is 8.12. The smallest absolute Gasteiger partial charge is 0.348 e. The predicted octanol–water partition coefficient (Wildman–Crippen LogP) is 2.58. The van der Waals surface area contributed by atoms with Crippen LogP contribution in [0.5, 0.6) is 5.75 Å². The SMILES string of the molecule is COC(=O)COC(=O)c1ccc(N=Cc2c(O)c3ccccc3oc2=O)cc1. The van der Waals surface area contributed by atoms with E-state index in [1.807, 2.05) is 0 Å². The molecular formula is C20H15NO7. The summed E-state index contributed by atoms with van der Waals surface area (Å²) in [7, 11) is 1.19. The minimum atomic E-state index is -0.719. The number of nitrogens with zero attached hydrogens (tertiary/aromatic N) is 1. The summed E-state index contributed by atoms with van der Waals surface area (Å²) in [6.45, 7) is -0.480. The minimum Gasteiger partial charge on any atom is -0.506 e. The molecule has 1 aromatic heterocycles. The van der Waals surface area contributed by atoms with Crippen LogP contribution < -0.4 is 5.63 Å². The molecule has 3 rings (SSSR count). The van der Waals surface area contributed by atoms with Crippen LogP contribution in [0.3, 0.4) is 0 Å². The standard InChI is InChI=1S/C20H15NO7/c1-26-17(22)11-27-19(24)12-6-8-13(9-7-12)21-10-15-18(23)14-4-2-3-5-16(14)28-20(15)25/h2-10,23H,11H2,1H3. The van der Waals surface area contributed by atoms with Crippen molar-refractivity contribution in [2.45, 2.75) is 0 Å². The number of aliphatic imine (C=N–C) groups is 1. The van der Waals surface area contributed by atoms with E-state index in [1.54, 1.807) is 24.3 Å². The van der Waals surface area contributed by atoms with Crippen LogP contribution >= 0.6 is 0 Å². The zero-order chi connectivity index (χ0) is 20.1. The van der Waals surface area contributed by atoms with E-state index in [9.17, 15) is 19.5 Å². The number of esters is 2. The number of ether oxygens (including phenoxy) is 2. The molecular weight excluding hydrogens is 366 g/mol. The number of benzene rings is 2. The first-order valence-corrected chi connectivity index (χ1v) is 8.12. The highest BCUT2D eigenvalue weighted by Gasteiger charge is 2.12. The maximum atomic E-state index is 12.1. The molecule has 8 nitrogen and oxygen atoms in total. The minimum absolute atomic E-state index is 0.0831. The number of para-hydroxylation sites is 1. The lowest BCUT2D eigenvalue weighted by molar-refractivity contribution is -0.144. The molecule has 0 saturated heterocycles. The third-order valence-corrected chi connectivity index (χ3v) is 3.81. The normalized spacial score (nSPS) is 10.9. The number of carbonyl (C=O) groups is 2. The molecule has 3 aromatic rings. The van der Waals surface area contributed by atoms with Crippen LogP contribution in [0.2, 0.25) is 0 Å². The first-order chi connectivity index (χ1) is 13.5. The quantitative estimate of drug-likeness (QED) is 0.410. The van der Waals surface area contributed by atoms with Gasteiger partial charge in [-0.15, -0.1) is 0 Å². The van der Waals surface area contributed by atoms with Gasteiger partial charge in [0.1, 0.15) is 16.9 Å². The summed E-state index contributed by atoms with van der Waals surface area (Å²) in [5.74, 6) is -1.57. The third-order valence-electron chi connectivity index (χ3n) is 3.81. The monoisotopic (exact) mass is 381 g/mol. The molecule has 28 heavy (non-hydrogen) atoms. The average Bonchev–Trinajstić information content (AvgIpc) is 2.72. The van der Waals surface area contributed by atoms with Gasteiger partial charge < -0.3 is 19.0 Å². The molecule has 0 spiro atoms. The molecule has 1 N–H and O–H groups in total.